The number of nitrogens with one attached hydrogen (secondary N) is 1. The summed E-state index contributed by atoms with van der Waals surface area (Å²) < 4.78 is 13.5. The summed E-state index contributed by atoms with van der Waals surface area (Å²) in [5.41, 5.74) is -1.43. The van der Waals surface area contributed by atoms with Gasteiger partial charge in [0, 0.05) is 0 Å². The molecule has 1 aliphatic heterocycles. The zero-order valence-corrected chi connectivity index (χ0v) is 10.0. The molecule has 0 spiro atoms. The van der Waals surface area contributed by atoms with Crippen LogP contribution in [0.3, 0.4) is 0 Å². The molecule has 1 radical (unpaired) electrons. The molecular formula is C8H2FIN3O4. The Labute approximate surface area is 107 Å². The molecule has 0 fully saturated rings. The highest BCUT2D eigenvalue weighted by atomic mass is 127. The molecule has 0 saturated heterocycles. The van der Waals surface area contributed by atoms with E-state index in [-0.39, 0.29) is 9.26 Å². The summed E-state index contributed by atoms with van der Waals surface area (Å²) in [6.45, 7) is 0. The SMILES string of the molecule is O=C1[N]c2c(cc(I)c(F)c2[N+](=O)[O-])NC1=O. The molecule has 0 saturated carbocycles. The number of rotatable bonds is 1. The average molecular weight is 350 g/mol. The minimum atomic E-state index is -1.19. The maximum absolute atomic E-state index is 13.5. The van der Waals surface area contributed by atoms with E-state index in [1.807, 2.05) is 0 Å². The predicted molar refractivity (Wildman–Crippen MR) is 61.2 cm³/mol. The third-order valence-corrected chi connectivity index (χ3v) is 2.79. The van der Waals surface area contributed by atoms with Gasteiger partial charge in [-0.15, -0.1) is 0 Å². The van der Waals surface area contributed by atoms with Crippen LogP contribution in [-0.4, -0.2) is 16.7 Å². The van der Waals surface area contributed by atoms with Crippen molar-refractivity contribution in [2.24, 2.45) is 0 Å². The molecule has 17 heavy (non-hydrogen) atoms. The van der Waals surface area contributed by atoms with Crippen molar-refractivity contribution in [1.29, 1.82) is 0 Å². The topological polar surface area (TPSA) is 103 Å². The molecule has 1 N–H and O–H groups in total. The predicted octanol–water partition coefficient (Wildman–Crippen LogP) is 1.05. The van der Waals surface area contributed by atoms with Gasteiger partial charge in [0.15, 0.2) is 5.69 Å². The molecule has 2 rings (SSSR count). The van der Waals surface area contributed by atoms with E-state index < -0.39 is 33.9 Å². The highest BCUT2D eigenvalue weighted by Crippen LogP contribution is 2.39. The van der Waals surface area contributed by atoms with Crippen LogP contribution in [0.1, 0.15) is 0 Å². The van der Waals surface area contributed by atoms with E-state index in [4.69, 9.17) is 0 Å². The summed E-state index contributed by atoms with van der Waals surface area (Å²) in [4.78, 5) is 31.7. The summed E-state index contributed by atoms with van der Waals surface area (Å²) in [6.07, 6.45) is 0. The molecule has 9 heteroatoms. The minimum absolute atomic E-state index is 0.0436. The summed E-state index contributed by atoms with van der Waals surface area (Å²) in [5, 5.41) is 16.0. The van der Waals surface area contributed by atoms with E-state index in [1.165, 1.54) is 6.07 Å². The second kappa shape index (κ2) is 3.91. The summed E-state index contributed by atoms with van der Waals surface area (Å²) >= 11 is 1.54. The summed E-state index contributed by atoms with van der Waals surface area (Å²) in [6, 6.07) is 1.17. The monoisotopic (exact) mass is 350 g/mol. The lowest BCUT2D eigenvalue weighted by molar-refractivity contribution is -0.386. The van der Waals surface area contributed by atoms with Gasteiger partial charge in [0.05, 0.1) is 14.2 Å². The number of halogens is 2. The number of nitro groups is 1. The zero-order valence-electron chi connectivity index (χ0n) is 7.86. The van der Waals surface area contributed by atoms with Crippen molar-refractivity contribution in [3.05, 3.63) is 25.6 Å². The van der Waals surface area contributed by atoms with Crippen LogP contribution >= 0.6 is 22.6 Å². The largest absolute Gasteiger partial charge is 0.336 e. The van der Waals surface area contributed by atoms with Gasteiger partial charge in [0.25, 0.3) is 0 Å². The molecular weight excluding hydrogens is 348 g/mol. The molecule has 0 atom stereocenters. The van der Waals surface area contributed by atoms with Crippen LogP contribution in [0.4, 0.5) is 21.5 Å². The smallest absolute Gasteiger partial charge is 0.316 e. The number of fused-ring (bicyclic) bond motifs is 1. The van der Waals surface area contributed by atoms with Crippen LogP contribution in [0, 0.1) is 19.5 Å². The van der Waals surface area contributed by atoms with Crippen LogP contribution in [-0.2, 0) is 9.59 Å². The van der Waals surface area contributed by atoms with Crippen LogP contribution < -0.4 is 10.6 Å². The first-order valence-corrected chi connectivity index (χ1v) is 5.23. The number of benzene rings is 1. The number of carbonyl (C=O) groups is 2. The fourth-order valence-electron chi connectivity index (χ4n) is 1.31. The lowest BCUT2D eigenvalue weighted by atomic mass is 10.2. The molecule has 0 bridgehead atoms. The van der Waals surface area contributed by atoms with Crippen molar-refractivity contribution in [3.63, 3.8) is 0 Å². The lowest BCUT2D eigenvalue weighted by Crippen LogP contribution is -2.33. The number of nitrogens with zero attached hydrogens (tertiary/aromatic N) is 2. The van der Waals surface area contributed by atoms with E-state index in [2.05, 4.69) is 10.6 Å². The second-order valence-corrected chi connectivity index (χ2v) is 4.21. The lowest BCUT2D eigenvalue weighted by Gasteiger charge is -2.15. The van der Waals surface area contributed by atoms with Crippen molar-refractivity contribution >= 4 is 51.5 Å². The highest BCUT2D eigenvalue weighted by molar-refractivity contribution is 14.1. The van der Waals surface area contributed by atoms with Gasteiger partial charge in [-0.1, -0.05) is 0 Å². The Morgan fingerprint density at radius 2 is 2.12 bits per heavy atom. The molecule has 1 aliphatic rings. The quantitative estimate of drug-likeness (QED) is 0.354. The van der Waals surface area contributed by atoms with Gasteiger partial charge < -0.3 is 5.32 Å². The van der Waals surface area contributed by atoms with E-state index in [9.17, 15) is 24.1 Å². The molecule has 2 amide bonds. The number of hydrogen-bond donors (Lipinski definition) is 1. The van der Waals surface area contributed by atoms with Crippen LogP contribution in [0.5, 0.6) is 0 Å². The molecule has 87 valence electrons. The van der Waals surface area contributed by atoms with E-state index >= 15 is 0 Å². The third-order valence-electron chi connectivity index (χ3n) is 2.01. The number of hydrogen-bond acceptors (Lipinski definition) is 4. The van der Waals surface area contributed by atoms with Crippen LogP contribution in [0.2, 0.25) is 0 Å². The van der Waals surface area contributed by atoms with Gasteiger partial charge >= 0.3 is 17.5 Å². The highest BCUT2D eigenvalue weighted by Gasteiger charge is 2.35. The van der Waals surface area contributed by atoms with Gasteiger partial charge in [-0.05, 0) is 28.7 Å². The normalized spacial score (nSPS) is 13.8. The van der Waals surface area contributed by atoms with Crippen molar-refractivity contribution < 1.29 is 18.9 Å². The van der Waals surface area contributed by atoms with E-state index in [0.29, 0.717) is 0 Å². The molecule has 1 aromatic rings. The molecule has 0 aromatic heterocycles. The first kappa shape index (κ1) is 11.7. The fraction of sp³-hybridized carbons (Fsp3) is 0. The Balaban J connectivity index is 2.72. The Morgan fingerprint density at radius 1 is 1.47 bits per heavy atom. The number of carbonyl (C=O) groups excluding carboxylic acids is 2. The Kier molecular flexibility index (Phi) is 2.69. The number of nitro benzene ring substituents is 1. The minimum Gasteiger partial charge on any atom is -0.316 e. The van der Waals surface area contributed by atoms with Gasteiger partial charge in [0.2, 0.25) is 5.82 Å². The molecule has 0 aliphatic carbocycles. The average Bonchev–Trinajstić information content (AvgIpc) is 2.23. The Morgan fingerprint density at radius 3 is 2.71 bits per heavy atom. The van der Waals surface area contributed by atoms with Crippen molar-refractivity contribution in [1.82, 2.24) is 5.32 Å². The van der Waals surface area contributed by atoms with Crippen molar-refractivity contribution in [3.8, 4) is 0 Å². The van der Waals surface area contributed by atoms with Crippen LogP contribution in [0.25, 0.3) is 0 Å². The standard InChI is InChI=1S/C8H2FIN3O4/c9-4-2(10)1-3-5(6(4)13(16)17)12-8(15)7(14)11-3/h1H,(H,11,14). The molecule has 7 nitrogen and oxygen atoms in total. The Bertz CT molecular complexity index is 574. The molecule has 1 heterocycles. The van der Waals surface area contributed by atoms with Gasteiger partial charge in [-0.2, -0.15) is 9.71 Å². The number of anilines is 1. The van der Waals surface area contributed by atoms with Crippen LogP contribution in [0.15, 0.2) is 6.07 Å². The zero-order chi connectivity index (χ0) is 12.7. The Hall–Kier alpha value is -1.78. The van der Waals surface area contributed by atoms with Crippen molar-refractivity contribution in [2.45, 2.75) is 0 Å². The summed E-state index contributed by atoms with van der Waals surface area (Å²) in [5.74, 6) is -3.28. The first-order chi connectivity index (χ1) is 7.91. The fourth-order valence-corrected chi connectivity index (χ4v) is 1.87. The number of amides is 2. The molecule has 0 unspecified atom stereocenters. The molecule has 1 aromatic carbocycles. The first-order valence-electron chi connectivity index (χ1n) is 4.15. The van der Waals surface area contributed by atoms with Gasteiger partial charge in [0.1, 0.15) is 0 Å². The van der Waals surface area contributed by atoms with E-state index in [0.717, 1.165) is 0 Å². The van der Waals surface area contributed by atoms with Gasteiger partial charge in [-0.25, -0.2) is 0 Å². The third kappa shape index (κ3) is 1.81. The van der Waals surface area contributed by atoms with E-state index in [1.54, 1.807) is 22.6 Å². The van der Waals surface area contributed by atoms with Gasteiger partial charge in [-0.3, -0.25) is 19.7 Å². The maximum Gasteiger partial charge on any atom is 0.336 e. The second-order valence-electron chi connectivity index (χ2n) is 3.05. The maximum atomic E-state index is 13.5. The van der Waals surface area contributed by atoms with Crippen molar-refractivity contribution in [2.75, 3.05) is 5.32 Å². The summed E-state index contributed by atoms with van der Waals surface area (Å²) in [7, 11) is 0.